The molecule has 0 saturated carbocycles. The molecule has 4 heteroatoms. The first-order chi connectivity index (χ1) is 9.29. The Hall–Kier alpha value is -1.68. The van der Waals surface area contributed by atoms with Gasteiger partial charge in [-0.3, -0.25) is 0 Å². The van der Waals surface area contributed by atoms with Gasteiger partial charge < -0.3 is 10.1 Å². The van der Waals surface area contributed by atoms with Gasteiger partial charge in [-0.15, -0.1) is 0 Å². The summed E-state index contributed by atoms with van der Waals surface area (Å²) in [5.41, 5.74) is 2.86. The van der Waals surface area contributed by atoms with E-state index in [1.54, 1.807) is 0 Å². The molecule has 3 unspecified atom stereocenters. The van der Waals surface area contributed by atoms with Gasteiger partial charge in [0, 0.05) is 0 Å². The second kappa shape index (κ2) is 4.17. The molecule has 2 aliphatic heterocycles. The molecule has 2 aliphatic rings. The third kappa shape index (κ3) is 1.87. The van der Waals surface area contributed by atoms with Crippen molar-refractivity contribution in [1.29, 1.82) is 0 Å². The van der Waals surface area contributed by atoms with Crippen LogP contribution < -0.4 is 5.32 Å². The van der Waals surface area contributed by atoms with Crippen LogP contribution in [0.3, 0.4) is 0 Å². The molecular weight excluding hydrogens is 238 g/mol. The van der Waals surface area contributed by atoms with Crippen molar-refractivity contribution in [1.82, 2.24) is 9.97 Å². The summed E-state index contributed by atoms with van der Waals surface area (Å²) in [5.74, 6) is 0.903. The predicted octanol–water partition coefficient (Wildman–Crippen LogP) is 2.67. The lowest BCUT2D eigenvalue weighted by atomic mass is 9.95. The summed E-state index contributed by atoms with van der Waals surface area (Å²) in [7, 11) is 0. The number of aromatic nitrogens is 2. The van der Waals surface area contributed by atoms with E-state index in [1.807, 2.05) is 31.2 Å². The van der Waals surface area contributed by atoms with Crippen molar-refractivity contribution < 1.29 is 4.74 Å². The smallest absolute Gasteiger partial charge is 0.148 e. The molecule has 2 fully saturated rings. The number of para-hydroxylation sites is 2. The molecule has 2 bridgehead atoms. The first-order valence-electron chi connectivity index (χ1n) is 6.95. The molecule has 3 atom stereocenters. The monoisotopic (exact) mass is 255 g/mol. The molecule has 3 heterocycles. The van der Waals surface area contributed by atoms with E-state index in [0.717, 1.165) is 29.0 Å². The quantitative estimate of drug-likeness (QED) is 0.896. The van der Waals surface area contributed by atoms with Gasteiger partial charge in [0.05, 0.1) is 35.0 Å². The Morgan fingerprint density at radius 3 is 2.63 bits per heavy atom. The fourth-order valence-electron chi connectivity index (χ4n) is 3.19. The van der Waals surface area contributed by atoms with Crippen LogP contribution in [0, 0.1) is 6.92 Å². The number of fused-ring (bicyclic) bond motifs is 3. The lowest BCUT2D eigenvalue weighted by Crippen LogP contribution is -2.31. The third-order valence-electron chi connectivity index (χ3n) is 4.17. The number of anilines is 1. The Bertz CT molecular complexity index is 628. The average Bonchev–Trinajstić information content (AvgIpc) is 3.02. The fraction of sp³-hybridized carbons (Fsp3) is 0.467. The van der Waals surface area contributed by atoms with E-state index in [9.17, 15) is 0 Å². The fourth-order valence-corrected chi connectivity index (χ4v) is 3.19. The van der Waals surface area contributed by atoms with Crippen molar-refractivity contribution in [2.24, 2.45) is 0 Å². The summed E-state index contributed by atoms with van der Waals surface area (Å²) in [6, 6.07) is 8.39. The van der Waals surface area contributed by atoms with Crippen molar-refractivity contribution in [2.75, 3.05) is 5.32 Å². The number of aryl methyl sites for hydroxylation is 1. The first-order valence-corrected chi connectivity index (χ1v) is 6.95. The summed E-state index contributed by atoms with van der Waals surface area (Å²) in [6.45, 7) is 2.01. The number of nitrogens with one attached hydrogen (secondary N) is 1. The molecule has 0 radical (unpaired) electrons. The summed E-state index contributed by atoms with van der Waals surface area (Å²) in [5, 5.41) is 3.53. The minimum atomic E-state index is 0.359. The SMILES string of the molecule is Cc1nc2ccccc2nc1NC1CC2CCC1O2. The van der Waals surface area contributed by atoms with Crippen LogP contribution in [0.2, 0.25) is 0 Å². The predicted molar refractivity (Wildman–Crippen MR) is 74.2 cm³/mol. The van der Waals surface area contributed by atoms with Crippen molar-refractivity contribution >= 4 is 16.9 Å². The number of nitrogens with zero attached hydrogens (tertiary/aromatic N) is 2. The van der Waals surface area contributed by atoms with Crippen molar-refractivity contribution in [3.8, 4) is 0 Å². The van der Waals surface area contributed by atoms with E-state index >= 15 is 0 Å². The zero-order chi connectivity index (χ0) is 12.8. The summed E-state index contributed by atoms with van der Waals surface area (Å²) < 4.78 is 5.87. The van der Waals surface area contributed by atoms with Crippen molar-refractivity contribution in [3.05, 3.63) is 30.0 Å². The molecule has 1 aromatic heterocycles. The van der Waals surface area contributed by atoms with Crippen LogP contribution in [0.4, 0.5) is 5.82 Å². The van der Waals surface area contributed by atoms with Gasteiger partial charge in [-0.05, 0) is 38.3 Å². The van der Waals surface area contributed by atoms with E-state index in [0.29, 0.717) is 18.2 Å². The maximum absolute atomic E-state index is 5.87. The van der Waals surface area contributed by atoms with E-state index in [1.165, 1.54) is 12.8 Å². The van der Waals surface area contributed by atoms with Crippen molar-refractivity contribution in [3.63, 3.8) is 0 Å². The normalized spacial score (nSPS) is 29.0. The minimum Gasteiger partial charge on any atom is -0.373 e. The highest BCUT2D eigenvalue weighted by atomic mass is 16.5. The van der Waals surface area contributed by atoms with Gasteiger partial charge in [-0.25, -0.2) is 9.97 Å². The van der Waals surface area contributed by atoms with Gasteiger partial charge in [0.15, 0.2) is 0 Å². The highest BCUT2D eigenvalue weighted by Crippen LogP contribution is 2.36. The van der Waals surface area contributed by atoms with Crippen LogP contribution in [-0.4, -0.2) is 28.2 Å². The summed E-state index contributed by atoms with van der Waals surface area (Å²) in [4.78, 5) is 9.31. The van der Waals surface area contributed by atoms with Crippen LogP contribution in [0.1, 0.15) is 25.0 Å². The second-order valence-corrected chi connectivity index (χ2v) is 5.51. The Kier molecular flexibility index (Phi) is 2.45. The molecule has 1 aromatic carbocycles. The number of benzene rings is 1. The van der Waals surface area contributed by atoms with E-state index in [2.05, 4.69) is 10.3 Å². The average molecular weight is 255 g/mol. The third-order valence-corrected chi connectivity index (χ3v) is 4.17. The van der Waals surface area contributed by atoms with Crippen LogP contribution >= 0.6 is 0 Å². The van der Waals surface area contributed by atoms with Crippen LogP contribution in [0.25, 0.3) is 11.0 Å². The molecule has 4 rings (SSSR count). The summed E-state index contributed by atoms with van der Waals surface area (Å²) >= 11 is 0. The zero-order valence-electron chi connectivity index (χ0n) is 11.0. The Balaban J connectivity index is 1.65. The molecule has 0 aliphatic carbocycles. The standard InChI is InChI=1S/C15H17N3O/c1-9-15(17-12-5-3-2-4-11(12)16-9)18-13-8-10-6-7-14(13)19-10/h2-5,10,13-14H,6-8H2,1H3,(H,17,18). The van der Waals surface area contributed by atoms with E-state index in [4.69, 9.17) is 9.72 Å². The minimum absolute atomic E-state index is 0.359. The Labute approximate surface area is 112 Å². The van der Waals surface area contributed by atoms with Gasteiger partial charge in [-0.1, -0.05) is 12.1 Å². The zero-order valence-corrected chi connectivity index (χ0v) is 11.0. The van der Waals surface area contributed by atoms with E-state index < -0.39 is 0 Å². The van der Waals surface area contributed by atoms with Crippen LogP contribution in [0.5, 0.6) is 0 Å². The highest BCUT2D eigenvalue weighted by Gasteiger charge is 2.41. The second-order valence-electron chi connectivity index (χ2n) is 5.51. The molecule has 0 amide bonds. The van der Waals surface area contributed by atoms with Crippen LogP contribution in [0.15, 0.2) is 24.3 Å². The van der Waals surface area contributed by atoms with Gasteiger partial charge in [0.1, 0.15) is 5.82 Å². The first kappa shape index (κ1) is 11.2. The van der Waals surface area contributed by atoms with Gasteiger partial charge in [0.25, 0.3) is 0 Å². The van der Waals surface area contributed by atoms with E-state index in [-0.39, 0.29) is 0 Å². The number of hydrogen-bond donors (Lipinski definition) is 1. The number of ether oxygens (including phenoxy) is 1. The van der Waals surface area contributed by atoms with Gasteiger partial charge >= 0.3 is 0 Å². The van der Waals surface area contributed by atoms with Gasteiger partial charge in [0.2, 0.25) is 0 Å². The largest absolute Gasteiger partial charge is 0.373 e. The molecule has 2 aromatic rings. The van der Waals surface area contributed by atoms with Gasteiger partial charge in [-0.2, -0.15) is 0 Å². The summed E-state index contributed by atoms with van der Waals surface area (Å²) in [6.07, 6.45) is 4.29. The topological polar surface area (TPSA) is 47.0 Å². The maximum Gasteiger partial charge on any atom is 0.148 e. The molecule has 19 heavy (non-hydrogen) atoms. The Morgan fingerprint density at radius 2 is 1.95 bits per heavy atom. The van der Waals surface area contributed by atoms with Crippen molar-refractivity contribution in [2.45, 2.75) is 44.4 Å². The molecule has 4 nitrogen and oxygen atoms in total. The molecule has 98 valence electrons. The highest BCUT2D eigenvalue weighted by molar-refractivity contribution is 5.76. The lowest BCUT2D eigenvalue weighted by Gasteiger charge is -2.21. The number of hydrogen-bond acceptors (Lipinski definition) is 4. The maximum atomic E-state index is 5.87. The molecular formula is C15H17N3O. The van der Waals surface area contributed by atoms with Crippen LogP contribution in [-0.2, 0) is 4.74 Å². The Morgan fingerprint density at radius 1 is 1.16 bits per heavy atom. The molecule has 0 spiro atoms. The molecule has 2 saturated heterocycles. The lowest BCUT2D eigenvalue weighted by molar-refractivity contribution is 0.102. The number of rotatable bonds is 2. The molecule has 1 N–H and O–H groups in total.